The van der Waals surface area contributed by atoms with E-state index in [2.05, 4.69) is 17.1 Å². The quantitative estimate of drug-likeness (QED) is 0.839. The molecule has 1 aromatic rings. The Hall–Kier alpha value is -1.79. The molecule has 1 N–H and O–H groups in total. The standard InChI is InChI=1S/C18H26ClN3O3/c1-13-5-4-8-22(10-13)12-18(24)21(2)11-17(23)20-15-9-14(19)6-7-16(15)25-3/h6-7,9,13H,4-5,8,10-12H2,1-3H3,(H,20,23)/t13-/m1/s1. The number of nitrogens with zero attached hydrogens (tertiary/aromatic N) is 2. The van der Waals surface area contributed by atoms with Gasteiger partial charge >= 0.3 is 0 Å². The van der Waals surface area contributed by atoms with Crippen LogP contribution in [0.2, 0.25) is 5.02 Å². The summed E-state index contributed by atoms with van der Waals surface area (Å²) in [5, 5.41) is 3.24. The van der Waals surface area contributed by atoms with Gasteiger partial charge in [-0.2, -0.15) is 0 Å². The number of carbonyl (C=O) groups is 2. The van der Waals surface area contributed by atoms with Gasteiger partial charge in [0.05, 0.1) is 25.9 Å². The van der Waals surface area contributed by atoms with Crippen LogP contribution in [0.5, 0.6) is 5.75 Å². The highest BCUT2D eigenvalue weighted by Gasteiger charge is 2.21. The Bertz CT molecular complexity index is 624. The molecular weight excluding hydrogens is 342 g/mol. The highest BCUT2D eigenvalue weighted by molar-refractivity contribution is 6.31. The summed E-state index contributed by atoms with van der Waals surface area (Å²) < 4.78 is 5.20. The lowest BCUT2D eigenvalue weighted by Gasteiger charge is -2.31. The second kappa shape index (κ2) is 9.06. The minimum atomic E-state index is -0.288. The number of halogens is 1. The molecule has 1 atom stereocenters. The first-order valence-electron chi connectivity index (χ1n) is 8.48. The molecule has 0 spiro atoms. The average molecular weight is 368 g/mol. The molecule has 1 saturated heterocycles. The van der Waals surface area contributed by atoms with Gasteiger partial charge in [-0.1, -0.05) is 18.5 Å². The Morgan fingerprint density at radius 2 is 2.20 bits per heavy atom. The molecule has 7 heteroatoms. The number of rotatable bonds is 6. The van der Waals surface area contributed by atoms with Crippen molar-refractivity contribution in [3.05, 3.63) is 23.2 Å². The highest BCUT2D eigenvalue weighted by Crippen LogP contribution is 2.27. The van der Waals surface area contributed by atoms with E-state index in [1.54, 1.807) is 25.2 Å². The topological polar surface area (TPSA) is 61.9 Å². The third-order valence-electron chi connectivity index (χ3n) is 4.34. The molecule has 0 saturated carbocycles. The van der Waals surface area contributed by atoms with Gasteiger partial charge in [-0.05, 0) is 43.5 Å². The lowest BCUT2D eigenvalue weighted by molar-refractivity contribution is -0.134. The molecule has 1 aliphatic rings. The number of anilines is 1. The Morgan fingerprint density at radius 1 is 1.44 bits per heavy atom. The molecular formula is C18H26ClN3O3. The maximum absolute atomic E-state index is 12.3. The van der Waals surface area contributed by atoms with Gasteiger partial charge in [0.2, 0.25) is 11.8 Å². The number of ether oxygens (including phenoxy) is 1. The summed E-state index contributed by atoms with van der Waals surface area (Å²) in [5.74, 6) is 0.797. The van der Waals surface area contributed by atoms with Gasteiger partial charge in [-0.3, -0.25) is 14.5 Å². The van der Waals surface area contributed by atoms with Crippen LogP contribution in [0.15, 0.2) is 18.2 Å². The SMILES string of the molecule is COc1ccc(Cl)cc1NC(=O)CN(C)C(=O)CN1CCC[C@@H](C)C1. The number of hydrogen-bond acceptors (Lipinski definition) is 4. The van der Waals surface area contributed by atoms with E-state index in [0.717, 1.165) is 19.5 Å². The van der Waals surface area contributed by atoms with Gasteiger partial charge < -0.3 is 15.0 Å². The van der Waals surface area contributed by atoms with Crippen LogP contribution in [0.1, 0.15) is 19.8 Å². The molecule has 1 aliphatic heterocycles. The predicted octanol–water partition coefficient (Wildman–Crippen LogP) is 2.48. The van der Waals surface area contributed by atoms with Crippen LogP contribution < -0.4 is 10.1 Å². The second-order valence-corrected chi connectivity index (χ2v) is 7.06. The number of piperidine rings is 1. The number of benzene rings is 1. The van der Waals surface area contributed by atoms with E-state index in [4.69, 9.17) is 16.3 Å². The summed E-state index contributed by atoms with van der Waals surface area (Å²) >= 11 is 5.96. The van der Waals surface area contributed by atoms with Gasteiger partial charge in [0.15, 0.2) is 0 Å². The number of likely N-dealkylation sites (N-methyl/N-ethyl adjacent to an activating group) is 1. The van der Waals surface area contributed by atoms with Crippen molar-refractivity contribution in [3.63, 3.8) is 0 Å². The Labute approximate surface area is 154 Å². The molecule has 2 amide bonds. The van der Waals surface area contributed by atoms with Crippen LogP contribution in [0.25, 0.3) is 0 Å². The van der Waals surface area contributed by atoms with Crippen molar-refractivity contribution in [1.29, 1.82) is 0 Å². The molecule has 0 radical (unpaired) electrons. The number of hydrogen-bond donors (Lipinski definition) is 1. The monoisotopic (exact) mass is 367 g/mol. The summed E-state index contributed by atoms with van der Waals surface area (Å²) in [6.45, 7) is 4.42. The minimum Gasteiger partial charge on any atom is -0.495 e. The molecule has 0 aromatic heterocycles. The van der Waals surface area contributed by atoms with Gasteiger partial charge in [-0.25, -0.2) is 0 Å². The van der Waals surface area contributed by atoms with Crippen LogP contribution in [0.4, 0.5) is 5.69 Å². The fourth-order valence-electron chi connectivity index (χ4n) is 3.01. The molecule has 0 bridgehead atoms. The summed E-state index contributed by atoms with van der Waals surface area (Å²) in [4.78, 5) is 28.2. The van der Waals surface area contributed by atoms with Crippen molar-refractivity contribution in [3.8, 4) is 5.75 Å². The predicted molar refractivity (Wildman–Crippen MR) is 99.1 cm³/mol. The normalized spacial score (nSPS) is 17.8. The third kappa shape index (κ3) is 5.90. The number of nitrogens with one attached hydrogen (secondary N) is 1. The summed E-state index contributed by atoms with van der Waals surface area (Å²) in [6.07, 6.45) is 2.33. The third-order valence-corrected chi connectivity index (χ3v) is 4.58. The van der Waals surface area contributed by atoms with Crippen molar-refractivity contribution < 1.29 is 14.3 Å². The molecule has 25 heavy (non-hydrogen) atoms. The maximum Gasteiger partial charge on any atom is 0.244 e. The number of methoxy groups -OCH3 is 1. The van der Waals surface area contributed by atoms with Crippen LogP contribution in [-0.4, -0.2) is 62.0 Å². The van der Waals surface area contributed by atoms with E-state index >= 15 is 0 Å². The van der Waals surface area contributed by atoms with Crippen LogP contribution in [0.3, 0.4) is 0 Å². The molecule has 1 heterocycles. The van der Waals surface area contributed by atoms with E-state index in [9.17, 15) is 9.59 Å². The highest BCUT2D eigenvalue weighted by atomic mass is 35.5. The first-order valence-corrected chi connectivity index (χ1v) is 8.86. The zero-order valence-corrected chi connectivity index (χ0v) is 15.8. The van der Waals surface area contributed by atoms with Gasteiger partial charge in [0.25, 0.3) is 0 Å². The molecule has 1 fully saturated rings. The largest absolute Gasteiger partial charge is 0.495 e. The van der Waals surface area contributed by atoms with E-state index in [1.165, 1.54) is 18.4 Å². The minimum absolute atomic E-state index is 0.0160. The van der Waals surface area contributed by atoms with Gasteiger partial charge in [0.1, 0.15) is 5.75 Å². The lowest BCUT2D eigenvalue weighted by Crippen LogP contribution is -2.44. The van der Waals surface area contributed by atoms with E-state index in [-0.39, 0.29) is 18.4 Å². The summed E-state index contributed by atoms with van der Waals surface area (Å²) in [6, 6.07) is 4.99. The summed E-state index contributed by atoms with van der Waals surface area (Å²) in [7, 11) is 3.17. The van der Waals surface area contributed by atoms with Crippen molar-refractivity contribution in [1.82, 2.24) is 9.80 Å². The van der Waals surface area contributed by atoms with Crippen molar-refractivity contribution in [2.45, 2.75) is 19.8 Å². The average Bonchev–Trinajstić information content (AvgIpc) is 2.55. The fourth-order valence-corrected chi connectivity index (χ4v) is 3.19. The first kappa shape index (κ1) is 19.5. The van der Waals surface area contributed by atoms with Crippen LogP contribution in [-0.2, 0) is 9.59 Å². The van der Waals surface area contributed by atoms with E-state index in [0.29, 0.717) is 28.9 Å². The van der Waals surface area contributed by atoms with Crippen LogP contribution in [0, 0.1) is 5.92 Å². The fraction of sp³-hybridized carbons (Fsp3) is 0.556. The molecule has 138 valence electrons. The molecule has 6 nitrogen and oxygen atoms in total. The number of likely N-dealkylation sites (tertiary alicyclic amines) is 1. The number of carbonyl (C=O) groups excluding carboxylic acids is 2. The van der Waals surface area contributed by atoms with E-state index < -0.39 is 0 Å². The molecule has 0 aliphatic carbocycles. The molecule has 0 unspecified atom stereocenters. The zero-order valence-electron chi connectivity index (χ0n) is 15.0. The first-order chi connectivity index (χ1) is 11.9. The Balaban J connectivity index is 1.87. The van der Waals surface area contributed by atoms with Crippen LogP contribution >= 0.6 is 11.6 Å². The number of amides is 2. The molecule has 1 aromatic carbocycles. The zero-order chi connectivity index (χ0) is 18.4. The van der Waals surface area contributed by atoms with Gasteiger partial charge in [-0.15, -0.1) is 0 Å². The van der Waals surface area contributed by atoms with Gasteiger partial charge in [0, 0.05) is 18.6 Å². The Kier molecular flexibility index (Phi) is 7.08. The lowest BCUT2D eigenvalue weighted by atomic mass is 10.0. The molecule has 2 rings (SSSR count). The second-order valence-electron chi connectivity index (χ2n) is 6.63. The maximum atomic E-state index is 12.3. The van der Waals surface area contributed by atoms with Crippen molar-refractivity contribution >= 4 is 29.1 Å². The van der Waals surface area contributed by atoms with Crippen molar-refractivity contribution in [2.75, 3.05) is 45.7 Å². The summed E-state index contributed by atoms with van der Waals surface area (Å²) in [5.41, 5.74) is 0.491. The van der Waals surface area contributed by atoms with Crippen molar-refractivity contribution in [2.24, 2.45) is 5.92 Å². The van der Waals surface area contributed by atoms with E-state index in [1.807, 2.05) is 0 Å². The Morgan fingerprint density at radius 3 is 2.88 bits per heavy atom. The smallest absolute Gasteiger partial charge is 0.244 e.